The van der Waals surface area contributed by atoms with Crippen molar-refractivity contribution in [2.24, 2.45) is 23.7 Å². The Hall–Kier alpha value is -1.26. The molecule has 0 aromatic heterocycles. The minimum Gasteiger partial charge on any atom is -0.444 e. The summed E-state index contributed by atoms with van der Waals surface area (Å²) in [4.78, 5) is 27.9. The molecule has 0 aromatic rings. The highest BCUT2D eigenvalue weighted by molar-refractivity contribution is 5.74. The topological polar surface area (TPSA) is 49.9 Å². The van der Waals surface area contributed by atoms with Gasteiger partial charge < -0.3 is 14.5 Å². The van der Waals surface area contributed by atoms with Crippen LogP contribution in [-0.2, 0) is 9.53 Å². The fourth-order valence-electron chi connectivity index (χ4n) is 6.65. The van der Waals surface area contributed by atoms with Crippen LogP contribution in [0.3, 0.4) is 0 Å². The van der Waals surface area contributed by atoms with Crippen molar-refractivity contribution < 1.29 is 14.3 Å². The highest BCUT2D eigenvalue weighted by Gasteiger charge is 2.45. The van der Waals surface area contributed by atoms with Gasteiger partial charge in [-0.1, -0.05) is 27.7 Å². The smallest absolute Gasteiger partial charge is 0.410 e. The van der Waals surface area contributed by atoms with Gasteiger partial charge in [0.25, 0.3) is 0 Å². The third-order valence-corrected chi connectivity index (χ3v) is 8.39. The maximum absolute atomic E-state index is 12.3. The van der Waals surface area contributed by atoms with Crippen molar-refractivity contribution >= 4 is 12.0 Å². The van der Waals surface area contributed by atoms with E-state index in [4.69, 9.17) is 4.74 Å². The van der Waals surface area contributed by atoms with Gasteiger partial charge in [0.05, 0.1) is 0 Å². The van der Waals surface area contributed by atoms with Crippen LogP contribution in [0.15, 0.2) is 0 Å². The van der Waals surface area contributed by atoms with Crippen LogP contribution < -0.4 is 0 Å². The minimum absolute atomic E-state index is 0.0998. The SMILES string of the molecule is CC(=O)N1C2CCC1CC(C(C)C)C2.CC(C)C1CC2CCC(C1)N2C(=O)OC(C)(C)C. The van der Waals surface area contributed by atoms with Gasteiger partial charge in [0, 0.05) is 31.1 Å². The van der Waals surface area contributed by atoms with Crippen LogP contribution in [0.1, 0.15) is 107 Å². The number of piperidine rings is 2. The number of carbonyl (C=O) groups excluding carboxylic acids is 2. The summed E-state index contributed by atoms with van der Waals surface area (Å²) in [5, 5.41) is 0. The number of nitrogens with zero attached hydrogens (tertiary/aromatic N) is 2. The van der Waals surface area contributed by atoms with Gasteiger partial charge >= 0.3 is 6.09 Å². The molecule has 4 bridgehead atoms. The highest BCUT2D eigenvalue weighted by atomic mass is 16.6. The zero-order valence-electron chi connectivity index (χ0n) is 21.9. The van der Waals surface area contributed by atoms with E-state index in [1.54, 1.807) is 6.92 Å². The zero-order chi connectivity index (χ0) is 23.8. The lowest BCUT2D eigenvalue weighted by Gasteiger charge is -2.40. The molecule has 0 aromatic carbocycles. The summed E-state index contributed by atoms with van der Waals surface area (Å²) in [6.07, 6.45) is 9.51. The molecular formula is C27H48N2O3. The second kappa shape index (κ2) is 9.93. The second-order valence-corrected chi connectivity index (χ2v) is 12.5. The Balaban J connectivity index is 0.000000186. The number of hydrogen-bond acceptors (Lipinski definition) is 3. The summed E-state index contributed by atoms with van der Waals surface area (Å²) in [7, 11) is 0. The molecule has 4 unspecified atom stereocenters. The summed E-state index contributed by atoms with van der Waals surface area (Å²) in [6.45, 7) is 16.8. The molecule has 0 N–H and O–H groups in total. The van der Waals surface area contributed by atoms with Crippen LogP contribution in [0.25, 0.3) is 0 Å². The number of carbonyl (C=O) groups is 2. The Labute approximate surface area is 196 Å². The van der Waals surface area contributed by atoms with Crippen LogP contribution in [0.2, 0.25) is 0 Å². The van der Waals surface area contributed by atoms with E-state index in [1.165, 1.54) is 25.7 Å². The zero-order valence-corrected chi connectivity index (χ0v) is 21.9. The van der Waals surface area contributed by atoms with Crippen molar-refractivity contribution in [2.75, 3.05) is 0 Å². The number of rotatable bonds is 2. The number of hydrogen-bond donors (Lipinski definition) is 0. The monoisotopic (exact) mass is 448 g/mol. The van der Waals surface area contributed by atoms with Gasteiger partial charge in [-0.05, 0) is 95.8 Å². The fraction of sp³-hybridized carbons (Fsp3) is 0.926. The van der Waals surface area contributed by atoms with Crippen molar-refractivity contribution in [2.45, 2.75) is 137 Å². The predicted molar refractivity (Wildman–Crippen MR) is 129 cm³/mol. The summed E-state index contributed by atoms with van der Waals surface area (Å²) < 4.78 is 5.54. The fourth-order valence-corrected chi connectivity index (χ4v) is 6.65. The third kappa shape index (κ3) is 5.80. The first-order chi connectivity index (χ1) is 14.9. The van der Waals surface area contributed by atoms with E-state index in [0.717, 1.165) is 49.4 Å². The Kier molecular flexibility index (Phi) is 7.87. The molecule has 0 saturated carbocycles. The van der Waals surface area contributed by atoms with E-state index < -0.39 is 0 Å². The minimum atomic E-state index is -0.384. The first-order valence-corrected chi connectivity index (χ1v) is 13.2. The van der Waals surface area contributed by atoms with Crippen LogP contribution in [0.4, 0.5) is 4.79 Å². The molecule has 0 aliphatic carbocycles. The molecule has 4 heterocycles. The van der Waals surface area contributed by atoms with Crippen LogP contribution in [0.5, 0.6) is 0 Å². The van der Waals surface area contributed by atoms with Gasteiger partial charge in [0.2, 0.25) is 5.91 Å². The van der Waals surface area contributed by atoms with Crippen molar-refractivity contribution in [1.29, 1.82) is 0 Å². The van der Waals surface area contributed by atoms with E-state index >= 15 is 0 Å². The van der Waals surface area contributed by atoms with Gasteiger partial charge in [-0.2, -0.15) is 0 Å². The van der Waals surface area contributed by atoms with Crippen LogP contribution >= 0.6 is 0 Å². The summed E-state index contributed by atoms with van der Waals surface area (Å²) in [5.41, 5.74) is -0.384. The molecule has 4 aliphatic rings. The van der Waals surface area contributed by atoms with E-state index in [0.29, 0.717) is 30.1 Å². The van der Waals surface area contributed by atoms with Crippen LogP contribution in [0, 0.1) is 23.7 Å². The first-order valence-electron chi connectivity index (χ1n) is 13.2. The second-order valence-electron chi connectivity index (χ2n) is 12.5. The van der Waals surface area contributed by atoms with E-state index in [-0.39, 0.29) is 11.7 Å². The van der Waals surface area contributed by atoms with E-state index in [9.17, 15) is 9.59 Å². The van der Waals surface area contributed by atoms with Gasteiger partial charge in [-0.25, -0.2) is 4.79 Å². The Bertz CT molecular complexity index is 640. The van der Waals surface area contributed by atoms with Gasteiger partial charge in [-0.3, -0.25) is 4.79 Å². The average molecular weight is 449 g/mol. The molecule has 4 aliphatic heterocycles. The van der Waals surface area contributed by atoms with Gasteiger partial charge in [-0.15, -0.1) is 0 Å². The Morgan fingerprint density at radius 1 is 0.719 bits per heavy atom. The maximum Gasteiger partial charge on any atom is 0.410 e. The highest BCUT2D eigenvalue weighted by Crippen LogP contribution is 2.42. The molecular weight excluding hydrogens is 400 g/mol. The van der Waals surface area contributed by atoms with Crippen LogP contribution in [-0.4, -0.2) is 51.6 Å². The molecule has 0 spiro atoms. The lowest BCUT2D eigenvalue weighted by Crippen LogP contribution is -2.49. The molecule has 4 saturated heterocycles. The number of ether oxygens (including phenoxy) is 1. The van der Waals surface area contributed by atoms with E-state index in [1.807, 2.05) is 25.7 Å². The molecule has 32 heavy (non-hydrogen) atoms. The lowest BCUT2D eigenvalue weighted by atomic mass is 9.82. The molecule has 5 heteroatoms. The predicted octanol–water partition coefficient (Wildman–Crippen LogP) is 6.25. The summed E-state index contributed by atoms with van der Waals surface area (Å²) >= 11 is 0. The molecule has 4 fully saturated rings. The molecule has 2 amide bonds. The van der Waals surface area contributed by atoms with Crippen molar-refractivity contribution in [3.8, 4) is 0 Å². The molecule has 5 nitrogen and oxygen atoms in total. The first kappa shape index (κ1) is 25.4. The Morgan fingerprint density at radius 3 is 1.34 bits per heavy atom. The standard InChI is InChI=1S/C15H27NO2.C12H21NO/c1-10(2)11-8-12-6-7-13(9-11)16(12)14(17)18-15(3,4)5;1-8(2)10-6-11-4-5-12(7-10)13(11)9(3)14/h10-13H,6-9H2,1-5H3;8,10-12H,4-7H2,1-3H3. The van der Waals surface area contributed by atoms with E-state index in [2.05, 4.69) is 32.6 Å². The van der Waals surface area contributed by atoms with Crippen molar-refractivity contribution in [1.82, 2.24) is 9.80 Å². The number of fused-ring (bicyclic) bond motifs is 4. The van der Waals surface area contributed by atoms with Crippen molar-refractivity contribution in [3.63, 3.8) is 0 Å². The molecule has 0 radical (unpaired) electrons. The third-order valence-electron chi connectivity index (χ3n) is 8.39. The van der Waals surface area contributed by atoms with Crippen molar-refractivity contribution in [3.05, 3.63) is 0 Å². The number of amides is 2. The lowest BCUT2D eigenvalue weighted by molar-refractivity contribution is -0.134. The van der Waals surface area contributed by atoms with Gasteiger partial charge in [0.1, 0.15) is 5.60 Å². The van der Waals surface area contributed by atoms with Gasteiger partial charge in [0.15, 0.2) is 0 Å². The molecule has 4 atom stereocenters. The maximum atomic E-state index is 12.3. The average Bonchev–Trinajstić information content (AvgIpc) is 3.09. The normalized spacial score (nSPS) is 33.9. The Morgan fingerprint density at radius 2 is 1.06 bits per heavy atom. The summed E-state index contributed by atoms with van der Waals surface area (Å²) in [6, 6.07) is 1.98. The molecule has 4 rings (SSSR count). The largest absolute Gasteiger partial charge is 0.444 e. The quantitative estimate of drug-likeness (QED) is 0.501. The molecule has 184 valence electrons. The summed E-state index contributed by atoms with van der Waals surface area (Å²) in [5.74, 6) is 3.44.